The Hall–Kier alpha value is -1.92. The van der Waals surface area contributed by atoms with Crippen molar-refractivity contribution in [3.05, 3.63) is 30.0 Å². The average molecular weight is 289 g/mol. The number of hydrogen-bond acceptors (Lipinski definition) is 4. The van der Waals surface area contributed by atoms with Gasteiger partial charge in [-0.1, -0.05) is 18.2 Å². The average Bonchev–Trinajstić information content (AvgIpc) is 2.77. The molecule has 0 unspecified atom stereocenters. The zero-order valence-electron chi connectivity index (χ0n) is 12.2. The van der Waals surface area contributed by atoms with Crippen molar-refractivity contribution < 1.29 is 19.5 Å². The minimum absolute atomic E-state index is 0.0133. The summed E-state index contributed by atoms with van der Waals surface area (Å²) in [7, 11) is 0. The first-order valence-corrected chi connectivity index (χ1v) is 7.20. The van der Waals surface area contributed by atoms with Gasteiger partial charge in [0, 0.05) is 5.39 Å². The second-order valence-electron chi connectivity index (χ2n) is 5.73. The van der Waals surface area contributed by atoms with Crippen LogP contribution in [0.15, 0.2) is 24.3 Å². The van der Waals surface area contributed by atoms with E-state index in [1.807, 2.05) is 18.2 Å². The number of hydrogen-bond donors (Lipinski definition) is 1. The van der Waals surface area contributed by atoms with E-state index in [4.69, 9.17) is 4.74 Å². The van der Waals surface area contributed by atoms with Gasteiger partial charge in [-0.3, -0.25) is 0 Å². The maximum atomic E-state index is 11.2. The molecule has 1 fully saturated rings. The lowest BCUT2D eigenvalue weighted by Crippen LogP contribution is -3.14. The number of nitrogens with one attached hydrogen (secondary N) is 1. The van der Waals surface area contributed by atoms with Gasteiger partial charge in [-0.25, -0.2) is 4.68 Å². The van der Waals surface area contributed by atoms with Gasteiger partial charge in [0.05, 0.1) is 11.5 Å². The van der Waals surface area contributed by atoms with Crippen LogP contribution in [0.25, 0.3) is 10.9 Å². The number of carbonyl (C=O) groups excluding carboxylic acids is 1. The molecular formula is C15H19N3O3. The maximum absolute atomic E-state index is 11.2. The molecule has 0 aliphatic carbocycles. The quantitative estimate of drug-likeness (QED) is 0.791. The Morgan fingerprint density at radius 3 is 2.71 bits per heavy atom. The van der Waals surface area contributed by atoms with Crippen LogP contribution in [0.4, 0.5) is 0 Å². The molecule has 0 bridgehead atoms. The standard InChI is InChI=1S/C15H19N3O3/c1-10-7-17(8-11(2)21-10)9-18-13-6-4-3-5-12(13)14(16-18)15(19)20/h3-6,10-11H,7-9H2,1-2H3,(H,19,20)/t10-,11-/m1/s1. The molecule has 2 aromatic rings. The van der Waals surface area contributed by atoms with Gasteiger partial charge in [0.2, 0.25) is 0 Å². The normalized spacial score (nSPS) is 26.1. The number of morpholine rings is 1. The molecule has 0 spiro atoms. The summed E-state index contributed by atoms with van der Waals surface area (Å²) in [5.41, 5.74) is 0.843. The number of nitrogens with zero attached hydrogens (tertiary/aromatic N) is 2. The number of benzene rings is 1. The van der Waals surface area contributed by atoms with Gasteiger partial charge < -0.3 is 19.5 Å². The smallest absolute Gasteiger partial charge is 0.173 e. The second kappa shape index (κ2) is 5.46. The molecule has 21 heavy (non-hydrogen) atoms. The van der Waals surface area contributed by atoms with Crippen molar-refractivity contribution in [2.45, 2.75) is 32.7 Å². The first kappa shape index (κ1) is 14.0. The van der Waals surface area contributed by atoms with Crippen molar-refractivity contribution in [2.24, 2.45) is 0 Å². The molecule has 6 nitrogen and oxygen atoms in total. The fraction of sp³-hybridized carbons (Fsp3) is 0.467. The Morgan fingerprint density at radius 1 is 1.38 bits per heavy atom. The Bertz CT molecular complexity index is 657. The maximum Gasteiger partial charge on any atom is 0.173 e. The predicted molar refractivity (Wildman–Crippen MR) is 74.8 cm³/mol. The molecule has 1 aliphatic rings. The van der Waals surface area contributed by atoms with E-state index in [-0.39, 0.29) is 17.9 Å². The molecule has 1 N–H and O–H groups in total. The van der Waals surface area contributed by atoms with Crippen LogP contribution in [0.3, 0.4) is 0 Å². The van der Waals surface area contributed by atoms with Crippen molar-refractivity contribution in [1.82, 2.24) is 9.78 Å². The lowest BCUT2D eigenvalue weighted by Gasteiger charge is -2.32. The Balaban J connectivity index is 1.92. The highest BCUT2D eigenvalue weighted by atomic mass is 16.5. The van der Waals surface area contributed by atoms with Crippen LogP contribution in [-0.4, -0.2) is 41.0 Å². The topological polar surface area (TPSA) is 71.6 Å². The summed E-state index contributed by atoms with van der Waals surface area (Å²) in [4.78, 5) is 12.5. The summed E-state index contributed by atoms with van der Waals surface area (Å²) in [6.07, 6.45) is 0.400. The van der Waals surface area contributed by atoms with Crippen LogP contribution >= 0.6 is 0 Å². The summed E-state index contributed by atoms with van der Waals surface area (Å²) >= 11 is 0. The summed E-state index contributed by atoms with van der Waals surface area (Å²) in [5, 5.41) is 16.1. The number of aromatic nitrogens is 2. The van der Waals surface area contributed by atoms with E-state index in [9.17, 15) is 9.90 Å². The van der Waals surface area contributed by atoms with Gasteiger partial charge in [0.1, 0.15) is 31.0 Å². The van der Waals surface area contributed by atoms with Gasteiger partial charge in [-0.2, -0.15) is 5.10 Å². The number of para-hydroxylation sites is 1. The van der Waals surface area contributed by atoms with Gasteiger partial charge in [-0.15, -0.1) is 0 Å². The van der Waals surface area contributed by atoms with Crippen molar-refractivity contribution in [3.63, 3.8) is 0 Å². The minimum atomic E-state index is -1.23. The van der Waals surface area contributed by atoms with Crippen LogP contribution < -0.4 is 10.0 Å². The highest BCUT2D eigenvalue weighted by Gasteiger charge is 2.26. The van der Waals surface area contributed by atoms with E-state index in [1.165, 1.54) is 4.90 Å². The molecule has 112 valence electrons. The number of rotatable bonds is 3. The van der Waals surface area contributed by atoms with Crippen molar-refractivity contribution in [1.29, 1.82) is 0 Å². The molecule has 1 saturated heterocycles. The summed E-state index contributed by atoms with van der Waals surface area (Å²) in [5.74, 6) is -1.23. The number of carboxylic acid groups (broad SMARTS) is 1. The second-order valence-corrected chi connectivity index (χ2v) is 5.73. The van der Waals surface area contributed by atoms with E-state index in [0.29, 0.717) is 12.1 Å². The third kappa shape index (κ3) is 2.77. The van der Waals surface area contributed by atoms with E-state index in [2.05, 4.69) is 18.9 Å². The number of aromatic carboxylic acids is 1. The number of quaternary nitrogens is 1. The number of carboxylic acids is 1. The molecule has 6 heteroatoms. The van der Waals surface area contributed by atoms with Gasteiger partial charge in [-0.05, 0) is 19.9 Å². The first-order chi connectivity index (χ1) is 10.0. The molecule has 1 aliphatic heterocycles. The molecule has 0 amide bonds. The number of fused-ring (bicyclic) bond motifs is 1. The van der Waals surface area contributed by atoms with Crippen LogP contribution in [0, 0.1) is 0 Å². The molecule has 0 saturated carbocycles. The van der Waals surface area contributed by atoms with Gasteiger partial charge in [0.25, 0.3) is 0 Å². The highest BCUT2D eigenvalue weighted by molar-refractivity contribution is 6.00. The van der Waals surface area contributed by atoms with Crippen LogP contribution in [-0.2, 0) is 11.4 Å². The monoisotopic (exact) mass is 289 g/mol. The Labute approximate surface area is 122 Å². The van der Waals surface area contributed by atoms with Crippen molar-refractivity contribution in [2.75, 3.05) is 13.1 Å². The van der Waals surface area contributed by atoms with Crippen molar-refractivity contribution in [3.8, 4) is 0 Å². The molecular weight excluding hydrogens is 270 g/mol. The van der Waals surface area contributed by atoms with Crippen LogP contribution in [0.2, 0.25) is 0 Å². The molecule has 2 atom stereocenters. The summed E-state index contributed by atoms with van der Waals surface area (Å²) < 4.78 is 7.49. The molecule has 3 rings (SSSR count). The van der Waals surface area contributed by atoms with Gasteiger partial charge >= 0.3 is 0 Å². The van der Waals surface area contributed by atoms with E-state index < -0.39 is 5.97 Å². The van der Waals surface area contributed by atoms with E-state index in [0.717, 1.165) is 18.6 Å². The Kier molecular flexibility index (Phi) is 3.65. The molecule has 1 aromatic heterocycles. The van der Waals surface area contributed by atoms with Gasteiger partial charge in [0.15, 0.2) is 6.67 Å². The third-order valence-corrected chi connectivity index (χ3v) is 3.84. The zero-order valence-corrected chi connectivity index (χ0v) is 12.2. The fourth-order valence-corrected chi connectivity index (χ4v) is 3.13. The first-order valence-electron chi connectivity index (χ1n) is 7.20. The zero-order chi connectivity index (χ0) is 15.0. The number of ether oxygens (including phenoxy) is 1. The SMILES string of the molecule is C[C@@H]1C[NH+](Cn2nc(C(=O)[O-])c3ccccc32)C[C@@H](C)O1. The third-order valence-electron chi connectivity index (χ3n) is 3.84. The summed E-state index contributed by atoms with van der Waals surface area (Å²) in [6, 6.07) is 7.36. The fourth-order valence-electron chi connectivity index (χ4n) is 3.13. The summed E-state index contributed by atoms with van der Waals surface area (Å²) in [6.45, 7) is 6.52. The van der Waals surface area contributed by atoms with Crippen LogP contribution in [0.1, 0.15) is 24.3 Å². The largest absolute Gasteiger partial charge is 0.543 e. The molecule has 0 radical (unpaired) electrons. The molecule has 2 heterocycles. The van der Waals surface area contributed by atoms with E-state index >= 15 is 0 Å². The van der Waals surface area contributed by atoms with Crippen molar-refractivity contribution >= 4 is 16.9 Å². The van der Waals surface area contributed by atoms with E-state index in [1.54, 1.807) is 10.7 Å². The Morgan fingerprint density at radius 2 is 2.05 bits per heavy atom. The number of carbonyl (C=O) groups is 1. The lowest BCUT2D eigenvalue weighted by molar-refractivity contribution is -0.937. The van der Waals surface area contributed by atoms with Crippen LogP contribution in [0.5, 0.6) is 0 Å². The highest BCUT2D eigenvalue weighted by Crippen LogP contribution is 2.17. The minimum Gasteiger partial charge on any atom is -0.543 e. The molecule has 1 aromatic carbocycles. The lowest BCUT2D eigenvalue weighted by atomic mass is 10.2. The predicted octanol–water partition coefficient (Wildman–Crippen LogP) is -0.951.